The third kappa shape index (κ3) is 3.68. The predicted molar refractivity (Wildman–Crippen MR) is 71.3 cm³/mol. The summed E-state index contributed by atoms with van der Waals surface area (Å²) in [6.07, 6.45) is 0. The zero-order chi connectivity index (χ0) is 13.7. The van der Waals surface area contributed by atoms with Crippen LogP contribution in [0, 0.1) is 11.6 Å². The molecule has 0 aliphatic carbocycles. The van der Waals surface area contributed by atoms with Crippen molar-refractivity contribution in [3.8, 4) is 5.75 Å². The summed E-state index contributed by atoms with van der Waals surface area (Å²) in [4.78, 5) is 0. The van der Waals surface area contributed by atoms with Gasteiger partial charge in [0.15, 0.2) is 11.6 Å². The van der Waals surface area contributed by atoms with Gasteiger partial charge in [-0.15, -0.1) is 0 Å². The van der Waals surface area contributed by atoms with E-state index in [1.807, 2.05) is 0 Å². The molecule has 100 valence electrons. The van der Waals surface area contributed by atoms with E-state index in [0.29, 0.717) is 18.8 Å². The number of hydrogen-bond acceptors (Lipinski definition) is 2. The van der Waals surface area contributed by atoms with Gasteiger partial charge in [0, 0.05) is 18.3 Å². The Balaban J connectivity index is 2.02. The molecule has 4 heteroatoms. The minimum Gasteiger partial charge on any atom is -0.491 e. The number of benzene rings is 2. The molecule has 0 saturated heterocycles. The van der Waals surface area contributed by atoms with Crippen LogP contribution in [0.15, 0.2) is 42.5 Å². The Hall–Kier alpha value is -2.10. The summed E-state index contributed by atoms with van der Waals surface area (Å²) in [5, 5.41) is 3.04. The van der Waals surface area contributed by atoms with Crippen molar-refractivity contribution < 1.29 is 13.5 Å². The number of nitrogens with one attached hydrogen (secondary N) is 1. The highest BCUT2D eigenvalue weighted by Gasteiger charge is 2.04. The Bertz CT molecular complexity index is 558. The minimum absolute atomic E-state index is 0.235. The molecule has 2 nitrogen and oxygen atoms in total. The topological polar surface area (TPSA) is 21.3 Å². The van der Waals surface area contributed by atoms with Gasteiger partial charge in [-0.3, -0.25) is 0 Å². The average Bonchev–Trinajstić information content (AvgIpc) is 2.39. The highest BCUT2D eigenvalue weighted by Crippen LogP contribution is 2.21. The number of ether oxygens (including phenoxy) is 1. The van der Waals surface area contributed by atoms with Gasteiger partial charge in [0.05, 0.1) is 6.61 Å². The summed E-state index contributed by atoms with van der Waals surface area (Å²) in [6, 6.07) is 11.0. The van der Waals surface area contributed by atoms with Crippen molar-refractivity contribution in [2.45, 2.75) is 13.5 Å². The van der Waals surface area contributed by atoms with Gasteiger partial charge in [0.1, 0.15) is 5.82 Å². The fourth-order valence-corrected chi connectivity index (χ4v) is 1.73. The Kier molecular flexibility index (Phi) is 4.34. The zero-order valence-electron chi connectivity index (χ0n) is 10.6. The van der Waals surface area contributed by atoms with Crippen molar-refractivity contribution in [3.05, 3.63) is 59.7 Å². The van der Waals surface area contributed by atoms with E-state index in [4.69, 9.17) is 4.74 Å². The van der Waals surface area contributed by atoms with Crippen molar-refractivity contribution in [2.24, 2.45) is 0 Å². The quantitative estimate of drug-likeness (QED) is 0.881. The second kappa shape index (κ2) is 6.18. The van der Waals surface area contributed by atoms with E-state index in [1.54, 1.807) is 31.2 Å². The standard InChI is InChI=1S/C15H15F2NO/c1-2-19-15-7-6-13(9-14(15)17)18-10-11-4-3-5-12(16)8-11/h3-9,18H,2,10H2,1H3. The fraction of sp³-hybridized carbons (Fsp3) is 0.200. The predicted octanol–water partition coefficient (Wildman–Crippen LogP) is 3.98. The molecular formula is C15H15F2NO. The van der Waals surface area contributed by atoms with Crippen LogP contribution >= 0.6 is 0 Å². The largest absolute Gasteiger partial charge is 0.491 e. The van der Waals surface area contributed by atoms with E-state index >= 15 is 0 Å². The maximum absolute atomic E-state index is 13.6. The summed E-state index contributed by atoms with van der Waals surface area (Å²) in [5.74, 6) is -0.456. The van der Waals surface area contributed by atoms with Crippen molar-refractivity contribution in [1.82, 2.24) is 0 Å². The molecular weight excluding hydrogens is 248 g/mol. The summed E-state index contributed by atoms with van der Waals surface area (Å²) in [5.41, 5.74) is 1.43. The van der Waals surface area contributed by atoms with Gasteiger partial charge in [-0.25, -0.2) is 8.78 Å². The molecule has 1 N–H and O–H groups in total. The van der Waals surface area contributed by atoms with Crippen molar-refractivity contribution in [1.29, 1.82) is 0 Å². The monoisotopic (exact) mass is 263 g/mol. The van der Waals surface area contributed by atoms with E-state index in [2.05, 4.69) is 5.32 Å². The van der Waals surface area contributed by atoms with Gasteiger partial charge in [0.2, 0.25) is 0 Å². The second-order valence-electron chi connectivity index (χ2n) is 4.06. The Morgan fingerprint density at radius 1 is 1.11 bits per heavy atom. The van der Waals surface area contributed by atoms with Crippen LogP contribution in [0.5, 0.6) is 5.75 Å². The molecule has 0 unspecified atom stereocenters. The van der Waals surface area contributed by atoms with Crippen LogP contribution in [-0.2, 0) is 6.54 Å². The first-order valence-electron chi connectivity index (χ1n) is 6.09. The molecule has 2 rings (SSSR count). The van der Waals surface area contributed by atoms with Gasteiger partial charge in [-0.2, -0.15) is 0 Å². The summed E-state index contributed by atoms with van der Waals surface area (Å²) in [7, 11) is 0. The molecule has 0 spiro atoms. The number of rotatable bonds is 5. The second-order valence-corrected chi connectivity index (χ2v) is 4.06. The highest BCUT2D eigenvalue weighted by atomic mass is 19.1. The van der Waals surface area contributed by atoms with E-state index in [1.165, 1.54) is 18.2 Å². The van der Waals surface area contributed by atoms with E-state index in [9.17, 15) is 8.78 Å². The van der Waals surface area contributed by atoms with Gasteiger partial charge < -0.3 is 10.1 Å². The first-order valence-corrected chi connectivity index (χ1v) is 6.09. The third-order valence-corrected chi connectivity index (χ3v) is 2.62. The Morgan fingerprint density at radius 3 is 2.63 bits per heavy atom. The molecule has 0 aliphatic heterocycles. The molecule has 0 amide bonds. The van der Waals surface area contributed by atoms with Crippen LogP contribution in [0.4, 0.5) is 14.5 Å². The minimum atomic E-state index is -0.411. The fourth-order valence-electron chi connectivity index (χ4n) is 1.73. The first kappa shape index (κ1) is 13.3. The molecule has 0 heterocycles. The molecule has 0 bridgehead atoms. The maximum Gasteiger partial charge on any atom is 0.167 e. The molecule has 0 radical (unpaired) electrons. The summed E-state index contributed by atoms with van der Waals surface area (Å²) >= 11 is 0. The van der Waals surface area contributed by atoms with Crippen molar-refractivity contribution in [3.63, 3.8) is 0 Å². The summed E-state index contributed by atoms with van der Waals surface area (Å²) in [6.45, 7) is 2.66. The molecule has 0 aromatic heterocycles. The lowest BCUT2D eigenvalue weighted by Crippen LogP contribution is -2.01. The highest BCUT2D eigenvalue weighted by molar-refractivity contribution is 5.47. The van der Waals surface area contributed by atoms with Crippen LogP contribution in [0.1, 0.15) is 12.5 Å². The van der Waals surface area contributed by atoms with Crippen LogP contribution in [0.2, 0.25) is 0 Å². The zero-order valence-corrected chi connectivity index (χ0v) is 10.6. The van der Waals surface area contributed by atoms with Crippen LogP contribution in [0.25, 0.3) is 0 Å². The Morgan fingerprint density at radius 2 is 1.95 bits per heavy atom. The van der Waals surface area contributed by atoms with Gasteiger partial charge >= 0.3 is 0 Å². The van der Waals surface area contributed by atoms with Crippen LogP contribution in [0.3, 0.4) is 0 Å². The molecule has 0 aliphatic rings. The van der Waals surface area contributed by atoms with E-state index < -0.39 is 5.82 Å². The smallest absolute Gasteiger partial charge is 0.167 e. The molecule has 0 fully saturated rings. The van der Waals surface area contributed by atoms with E-state index in [-0.39, 0.29) is 11.6 Å². The van der Waals surface area contributed by atoms with Crippen molar-refractivity contribution >= 4 is 5.69 Å². The van der Waals surface area contributed by atoms with E-state index in [0.717, 1.165) is 5.56 Å². The van der Waals surface area contributed by atoms with Gasteiger partial charge in [0.25, 0.3) is 0 Å². The average molecular weight is 263 g/mol. The Labute approximate surface area is 111 Å². The molecule has 2 aromatic rings. The lowest BCUT2D eigenvalue weighted by atomic mass is 10.2. The van der Waals surface area contributed by atoms with Crippen molar-refractivity contribution in [2.75, 3.05) is 11.9 Å². The number of anilines is 1. The lowest BCUT2D eigenvalue weighted by molar-refractivity contribution is 0.321. The summed E-state index contributed by atoms with van der Waals surface area (Å²) < 4.78 is 31.7. The molecule has 19 heavy (non-hydrogen) atoms. The van der Waals surface area contributed by atoms with Gasteiger partial charge in [-0.1, -0.05) is 12.1 Å². The third-order valence-electron chi connectivity index (χ3n) is 2.62. The first-order chi connectivity index (χ1) is 9.19. The lowest BCUT2D eigenvalue weighted by Gasteiger charge is -2.09. The molecule has 0 atom stereocenters. The van der Waals surface area contributed by atoms with Crippen LogP contribution < -0.4 is 10.1 Å². The molecule has 2 aromatic carbocycles. The molecule has 0 saturated carbocycles. The van der Waals surface area contributed by atoms with Gasteiger partial charge in [-0.05, 0) is 36.8 Å². The SMILES string of the molecule is CCOc1ccc(NCc2cccc(F)c2)cc1F. The van der Waals surface area contributed by atoms with Crippen LogP contribution in [-0.4, -0.2) is 6.61 Å². The number of hydrogen-bond donors (Lipinski definition) is 1. The number of halogens is 2. The normalized spacial score (nSPS) is 10.3. The maximum atomic E-state index is 13.6.